The standard InChI is InChI=1S/C10H9BrClFO2/c1-15-9(14)4-6-2-8(11)3-7(5-12)10(6)13/h2-3H,4-5H2,1H3. The molecule has 0 spiro atoms. The maximum Gasteiger partial charge on any atom is 0.310 e. The summed E-state index contributed by atoms with van der Waals surface area (Å²) in [6.07, 6.45) is -0.0916. The van der Waals surface area contributed by atoms with Gasteiger partial charge in [-0.1, -0.05) is 15.9 Å². The normalized spacial score (nSPS) is 10.1. The summed E-state index contributed by atoms with van der Waals surface area (Å²) in [5, 5.41) is 0. The second-order valence-corrected chi connectivity index (χ2v) is 4.11. The van der Waals surface area contributed by atoms with E-state index in [2.05, 4.69) is 20.7 Å². The number of esters is 1. The fourth-order valence-corrected chi connectivity index (χ4v) is 1.91. The van der Waals surface area contributed by atoms with Gasteiger partial charge >= 0.3 is 5.97 Å². The Morgan fingerprint density at radius 1 is 1.53 bits per heavy atom. The fraction of sp³-hybridized carbons (Fsp3) is 0.300. The average Bonchev–Trinajstić information content (AvgIpc) is 2.22. The molecule has 15 heavy (non-hydrogen) atoms. The lowest BCUT2D eigenvalue weighted by molar-refractivity contribution is -0.139. The number of alkyl halides is 1. The smallest absolute Gasteiger partial charge is 0.310 e. The van der Waals surface area contributed by atoms with Crippen molar-refractivity contribution >= 4 is 33.5 Å². The Bertz CT molecular complexity index is 382. The molecule has 0 aromatic heterocycles. The van der Waals surface area contributed by atoms with Crippen LogP contribution in [0.1, 0.15) is 11.1 Å². The molecule has 0 amide bonds. The van der Waals surface area contributed by atoms with Crippen LogP contribution in [-0.2, 0) is 21.8 Å². The highest BCUT2D eigenvalue weighted by molar-refractivity contribution is 9.10. The number of ether oxygens (including phenoxy) is 1. The zero-order chi connectivity index (χ0) is 11.4. The third-order valence-corrected chi connectivity index (χ3v) is 2.64. The highest BCUT2D eigenvalue weighted by atomic mass is 79.9. The van der Waals surface area contributed by atoms with Gasteiger partial charge in [-0.2, -0.15) is 0 Å². The molecule has 0 radical (unpaired) electrons. The summed E-state index contributed by atoms with van der Waals surface area (Å²) in [5.74, 6) is -0.856. The van der Waals surface area contributed by atoms with Crippen LogP contribution in [0, 0.1) is 5.82 Å². The van der Waals surface area contributed by atoms with E-state index in [0.29, 0.717) is 10.0 Å². The van der Waals surface area contributed by atoms with Crippen LogP contribution < -0.4 is 0 Å². The van der Waals surface area contributed by atoms with Gasteiger partial charge in [0.25, 0.3) is 0 Å². The Hall–Kier alpha value is -0.610. The Morgan fingerprint density at radius 3 is 2.67 bits per heavy atom. The fourth-order valence-electron chi connectivity index (χ4n) is 1.16. The van der Waals surface area contributed by atoms with Crippen LogP contribution in [0.15, 0.2) is 16.6 Å². The SMILES string of the molecule is COC(=O)Cc1cc(Br)cc(CCl)c1F. The van der Waals surface area contributed by atoms with Crippen molar-refractivity contribution in [3.05, 3.63) is 33.5 Å². The summed E-state index contributed by atoms with van der Waals surface area (Å²) in [7, 11) is 1.26. The number of rotatable bonds is 3. The molecule has 0 saturated carbocycles. The van der Waals surface area contributed by atoms with Crippen molar-refractivity contribution in [2.45, 2.75) is 12.3 Å². The van der Waals surface area contributed by atoms with Gasteiger partial charge in [0.1, 0.15) is 5.82 Å². The van der Waals surface area contributed by atoms with E-state index in [0.717, 1.165) is 0 Å². The molecule has 0 saturated heterocycles. The predicted molar refractivity (Wildman–Crippen MR) is 59.4 cm³/mol. The van der Waals surface area contributed by atoms with Crippen LogP contribution in [0.25, 0.3) is 0 Å². The molecule has 0 fully saturated rings. The van der Waals surface area contributed by atoms with E-state index in [4.69, 9.17) is 11.6 Å². The van der Waals surface area contributed by atoms with Crippen molar-refractivity contribution in [2.75, 3.05) is 7.11 Å². The lowest BCUT2D eigenvalue weighted by Gasteiger charge is -2.06. The Morgan fingerprint density at radius 2 is 2.13 bits per heavy atom. The van der Waals surface area contributed by atoms with Crippen molar-refractivity contribution in [2.24, 2.45) is 0 Å². The van der Waals surface area contributed by atoms with Crippen molar-refractivity contribution < 1.29 is 13.9 Å². The van der Waals surface area contributed by atoms with E-state index in [1.54, 1.807) is 12.1 Å². The molecule has 5 heteroatoms. The molecule has 0 N–H and O–H groups in total. The van der Waals surface area contributed by atoms with Gasteiger partial charge in [-0.15, -0.1) is 11.6 Å². The van der Waals surface area contributed by atoms with Gasteiger partial charge in [-0.3, -0.25) is 4.79 Å². The number of methoxy groups -OCH3 is 1. The number of hydrogen-bond donors (Lipinski definition) is 0. The van der Waals surface area contributed by atoms with E-state index in [9.17, 15) is 9.18 Å². The first-order chi connectivity index (χ1) is 7.08. The molecule has 1 rings (SSSR count). The minimum atomic E-state index is -0.479. The molecule has 0 heterocycles. The second kappa shape index (κ2) is 5.47. The molecule has 1 aromatic carbocycles. The highest BCUT2D eigenvalue weighted by Gasteiger charge is 2.12. The van der Waals surface area contributed by atoms with Crippen LogP contribution in [0.2, 0.25) is 0 Å². The van der Waals surface area contributed by atoms with Crippen LogP contribution >= 0.6 is 27.5 Å². The molecule has 0 aliphatic rings. The molecule has 1 aromatic rings. The monoisotopic (exact) mass is 294 g/mol. The van der Waals surface area contributed by atoms with E-state index in [1.807, 2.05) is 0 Å². The Balaban J connectivity index is 3.06. The predicted octanol–water partition coefficient (Wildman–Crippen LogP) is 3.04. The number of carbonyl (C=O) groups excluding carboxylic acids is 1. The molecular formula is C10H9BrClFO2. The third kappa shape index (κ3) is 3.18. The largest absolute Gasteiger partial charge is 0.469 e. The minimum Gasteiger partial charge on any atom is -0.469 e. The van der Waals surface area contributed by atoms with Gasteiger partial charge in [0.15, 0.2) is 0 Å². The molecular weight excluding hydrogens is 286 g/mol. The van der Waals surface area contributed by atoms with E-state index in [-0.39, 0.29) is 17.9 Å². The molecule has 0 aliphatic carbocycles. The average molecular weight is 296 g/mol. The molecule has 2 nitrogen and oxygen atoms in total. The van der Waals surface area contributed by atoms with Crippen LogP contribution in [0.5, 0.6) is 0 Å². The van der Waals surface area contributed by atoms with Gasteiger partial charge in [-0.25, -0.2) is 4.39 Å². The first-order valence-corrected chi connectivity index (χ1v) is 5.50. The summed E-state index contributed by atoms with van der Waals surface area (Å²) >= 11 is 8.79. The molecule has 0 atom stereocenters. The van der Waals surface area contributed by atoms with Gasteiger partial charge in [-0.05, 0) is 12.1 Å². The van der Waals surface area contributed by atoms with Crippen molar-refractivity contribution in [3.63, 3.8) is 0 Å². The van der Waals surface area contributed by atoms with Crippen LogP contribution in [0.3, 0.4) is 0 Å². The van der Waals surface area contributed by atoms with Gasteiger partial charge < -0.3 is 4.74 Å². The second-order valence-electron chi connectivity index (χ2n) is 2.92. The van der Waals surface area contributed by atoms with Crippen molar-refractivity contribution in [1.29, 1.82) is 0 Å². The lowest BCUT2D eigenvalue weighted by Crippen LogP contribution is -2.07. The molecule has 82 valence electrons. The lowest BCUT2D eigenvalue weighted by atomic mass is 10.1. The summed E-state index contributed by atoms with van der Waals surface area (Å²) in [6.45, 7) is 0. The first kappa shape index (κ1) is 12.5. The topological polar surface area (TPSA) is 26.3 Å². The van der Waals surface area contributed by atoms with Crippen LogP contribution in [-0.4, -0.2) is 13.1 Å². The third-order valence-electron chi connectivity index (χ3n) is 1.89. The summed E-state index contributed by atoms with van der Waals surface area (Å²) < 4.78 is 18.8. The number of hydrogen-bond acceptors (Lipinski definition) is 2. The van der Waals surface area contributed by atoms with Crippen molar-refractivity contribution in [1.82, 2.24) is 0 Å². The Labute approximate surface area is 101 Å². The van der Waals surface area contributed by atoms with E-state index in [1.165, 1.54) is 7.11 Å². The number of carbonyl (C=O) groups is 1. The van der Waals surface area contributed by atoms with Gasteiger partial charge in [0, 0.05) is 15.6 Å². The number of benzene rings is 1. The highest BCUT2D eigenvalue weighted by Crippen LogP contribution is 2.22. The molecule has 0 bridgehead atoms. The number of halogens is 3. The van der Waals surface area contributed by atoms with E-state index >= 15 is 0 Å². The summed E-state index contributed by atoms with van der Waals surface area (Å²) in [4.78, 5) is 11.0. The van der Waals surface area contributed by atoms with Crippen molar-refractivity contribution in [3.8, 4) is 0 Å². The van der Waals surface area contributed by atoms with Crippen LogP contribution in [0.4, 0.5) is 4.39 Å². The maximum atomic E-state index is 13.6. The first-order valence-electron chi connectivity index (χ1n) is 4.18. The Kier molecular flexibility index (Phi) is 4.54. The van der Waals surface area contributed by atoms with E-state index < -0.39 is 11.8 Å². The summed E-state index contributed by atoms with van der Waals surface area (Å²) in [5.41, 5.74) is 0.650. The maximum absolute atomic E-state index is 13.6. The molecule has 0 unspecified atom stereocenters. The zero-order valence-corrected chi connectivity index (χ0v) is 10.4. The zero-order valence-electron chi connectivity index (χ0n) is 8.02. The minimum absolute atomic E-state index is 0.0689. The quantitative estimate of drug-likeness (QED) is 0.633. The van der Waals surface area contributed by atoms with Gasteiger partial charge in [0.05, 0.1) is 19.4 Å². The van der Waals surface area contributed by atoms with Gasteiger partial charge in [0.2, 0.25) is 0 Å². The summed E-state index contributed by atoms with van der Waals surface area (Å²) in [6, 6.07) is 3.13. The molecule has 0 aliphatic heterocycles.